The highest BCUT2D eigenvalue weighted by atomic mass is 16.3. The van der Waals surface area contributed by atoms with Gasteiger partial charge in [-0.3, -0.25) is 0 Å². The van der Waals surface area contributed by atoms with Gasteiger partial charge < -0.3 is 14.8 Å². The lowest BCUT2D eigenvalue weighted by atomic mass is 10.0. The molecule has 0 aliphatic rings. The van der Waals surface area contributed by atoms with Crippen molar-refractivity contribution in [3.05, 3.63) is 30.0 Å². The van der Waals surface area contributed by atoms with E-state index in [2.05, 4.69) is 0 Å². The Bertz CT molecular complexity index is 488. The van der Waals surface area contributed by atoms with Gasteiger partial charge in [0.1, 0.15) is 5.75 Å². The van der Waals surface area contributed by atoms with E-state index in [9.17, 15) is 5.11 Å². The molecular weight excluding hydrogens is 190 g/mol. The van der Waals surface area contributed by atoms with E-state index >= 15 is 0 Å². The number of hydrogen-bond donors (Lipinski definition) is 2. The summed E-state index contributed by atoms with van der Waals surface area (Å²) in [7, 11) is 1.94. The van der Waals surface area contributed by atoms with Crippen LogP contribution in [-0.2, 0) is 7.05 Å². The fraction of sp³-hybridized carbons (Fsp3) is 0.333. The molecule has 15 heavy (non-hydrogen) atoms. The maximum atomic E-state index is 9.40. The van der Waals surface area contributed by atoms with E-state index in [1.807, 2.05) is 30.8 Å². The lowest BCUT2D eigenvalue weighted by Gasteiger charge is -2.05. The van der Waals surface area contributed by atoms with E-state index in [-0.39, 0.29) is 18.3 Å². The van der Waals surface area contributed by atoms with Crippen molar-refractivity contribution in [3.8, 4) is 5.75 Å². The number of aromatic nitrogens is 1. The fourth-order valence-corrected chi connectivity index (χ4v) is 1.89. The van der Waals surface area contributed by atoms with E-state index < -0.39 is 0 Å². The largest absolute Gasteiger partial charge is 0.508 e. The predicted molar refractivity (Wildman–Crippen MR) is 60.1 cm³/mol. The normalized spacial score (nSPS) is 13.3. The summed E-state index contributed by atoms with van der Waals surface area (Å²) in [6.07, 6.45) is 2.00. The second-order valence-corrected chi connectivity index (χ2v) is 3.98. The van der Waals surface area contributed by atoms with Crippen LogP contribution < -0.4 is 0 Å². The molecule has 2 rings (SSSR count). The van der Waals surface area contributed by atoms with E-state index in [1.165, 1.54) is 0 Å². The average molecular weight is 205 g/mol. The van der Waals surface area contributed by atoms with Crippen LogP contribution in [0.4, 0.5) is 0 Å². The van der Waals surface area contributed by atoms with Gasteiger partial charge in [-0.1, -0.05) is 6.92 Å². The molecule has 2 N–H and O–H groups in total. The average Bonchev–Trinajstić information content (AvgIpc) is 2.55. The van der Waals surface area contributed by atoms with Gasteiger partial charge in [0.2, 0.25) is 0 Å². The number of rotatable bonds is 2. The zero-order valence-corrected chi connectivity index (χ0v) is 8.94. The van der Waals surface area contributed by atoms with Gasteiger partial charge in [-0.25, -0.2) is 0 Å². The number of phenolic OH excluding ortho intramolecular Hbond substituents is 1. The van der Waals surface area contributed by atoms with Crippen molar-refractivity contribution >= 4 is 10.9 Å². The first-order chi connectivity index (χ1) is 7.13. The zero-order valence-electron chi connectivity index (χ0n) is 8.94. The highest BCUT2D eigenvalue weighted by Gasteiger charge is 2.12. The molecule has 0 saturated heterocycles. The maximum absolute atomic E-state index is 9.40. The summed E-state index contributed by atoms with van der Waals surface area (Å²) in [5.41, 5.74) is 2.11. The van der Waals surface area contributed by atoms with Crippen LogP contribution in [0.5, 0.6) is 5.75 Å². The molecule has 1 unspecified atom stereocenters. The van der Waals surface area contributed by atoms with Crippen molar-refractivity contribution in [2.75, 3.05) is 6.61 Å². The Kier molecular flexibility index (Phi) is 2.40. The molecule has 2 aromatic rings. The second-order valence-electron chi connectivity index (χ2n) is 3.98. The summed E-state index contributed by atoms with van der Waals surface area (Å²) >= 11 is 0. The molecule has 1 aromatic heterocycles. The van der Waals surface area contributed by atoms with Gasteiger partial charge in [0.25, 0.3) is 0 Å². The Morgan fingerprint density at radius 3 is 2.80 bits per heavy atom. The lowest BCUT2D eigenvalue weighted by Crippen LogP contribution is -1.97. The minimum absolute atomic E-state index is 0.123. The van der Waals surface area contributed by atoms with Crippen molar-refractivity contribution in [3.63, 3.8) is 0 Å². The Morgan fingerprint density at radius 2 is 2.13 bits per heavy atom. The molecular formula is C12H15NO2. The SMILES string of the molecule is CC(CO)c1cn(C)c2cc(O)ccc12. The number of aryl methyl sites for hydroxylation is 1. The van der Waals surface area contributed by atoms with Crippen LogP contribution in [0.1, 0.15) is 18.4 Å². The van der Waals surface area contributed by atoms with E-state index in [1.54, 1.807) is 12.1 Å². The van der Waals surface area contributed by atoms with E-state index in [4.69, 9.17) is 5.11 Å². The smallest absolute Gasteiger partial charge is 0.117 e. The number of fused-ring (bicyclic) bond motifs is 1. The Balaban J connectivity index is 2.68. The summed E-state index contributed by atoms with van der Waals surface area (Å²) in [4.78, 5) is 0. The molecule has 0 aliphatic heterocycles. The van der Waals surface area contributed by atoms with Crippen molar-refractivity contribution in [2.24, 2.45) is 7.05 Å². The highest BCUT2D eigenvalue weighted by molar-refractivity contribution is 5.85. The molecule has 3 heteroatoms. The summed E-state index contributed by atoms with van der Waals surface area (Å²) in [6, 6.07) is 5.31. The molecule has 0 amide bonds. The van der Waals surface area contributed by atoms with Crippen LogP contribution in [0.15, 0.2) is 24.4 Å². The van der Waals surface area contributed by atoms with Crippen LogP contribution in [-0.4, -0.2) is 21.4 Å². The van der Waals surface area contributed by atoms with Crippen molar-refractivity contribution in [1.29, 1.82) is 0 Å². The van der Waals surface area contributed by atoms with Gasteiger partial charge in [0.05, 0.1) is 5.52 Å². The molecule has 0 radical (unpaired) electrons. The van der Waals surface area contributed by atoms with Crippen LogP contribution in [0.25, 0.3) is 10.9 Å². The second kappa shape index (κ2) is 3.59. The molecule has 0 spiro atoms. The van der Waals surface area contributed by atoms with E-state index in [0.717, 1.165) is 16.5 Å². The molecule has 0 fully saturated rings. The topological polar surface area (TPSA) is 45.4 Å². The predicted octanol–water partition coefficient (Wildman–Crippen LogP) is 1.98. The molecule has 1 heterocycles. The number of aliphatic hydroxyl groups excluding tert-OH is 1. The maximum Gasteiger partial charge on any atom is 0.117 e. The first-order valence-corrected chi connectivity index (χ1v) is 5.02. The van der Waals surface area contributed by atoms with Gasteiger partial charge in [-0.2, -0.15) is 0 Å². The number of benzene rings is 1. The molecule has 1 atom stereocenters. The molecule has 1 aromatic carbocycles. The number of aromatic hydroxyl groups is 1. The van der Waals surface area contributed by atoms with Crippen molar-refractivity contribution in [2.45, 2.75) is 12.8 Å². The summed E-state index contributed by atoms with van der Waals surface area (Å²) < 4.78 is 1.97. The quantitative estimate of drug-likeness (QED) is 0.787. The van der Waals surface area contributed by atoms with Gasteiger partial charge in [0, 0.05) is 37.2 Å². The zero-order chi connectivity index (χ0) is 11.0. The molecule has 0 aliphatic carbocycles. The summed E-state index contributed by atoms with van der Waals surface area (Å²) in [5.74, 6) is 0.394. The molecule has 3 nitrogen and oxygen atoms in total. The Labute approximate surface area is 88.6 Å². The number of phenols is 1. The molecule has 80 valence electrons. The minimum Gasteiger partial charge on any atom is -0.508 e. The summed E-state index contributed by atoms with van der Waals surface area (Å²) in [5, 5.41) is 19.6. The standard InChI is InChI=1S/C12H15NO2/c1-8(7-14)11-6-13(2)12-5-9(15)3-4-10(11)12/h3-6,8,14-15H,7H2,1-2H3. The third-order valence-corrected chi connectivity index (χ3v) is 2.81. The Morgan fingerprint density at radius 1 is 1.40 bits per heavy atom. The lowest BCUT2D eigenvalue weighted by molar-refractivity contribution is 0.273. The van der Waals surface area contributed by atoms with Crippen LogP contribution in [0.3, 0.4) is 0 Å². The summed E-state index contributed by atoms with van der Waals surface area (Å²) in [6.45, 7) is 2.13. The first kappa shape index (κ1) is 10.1. The van der Waals surface area contributed by atoms with Gasteiger partial charge in [-0.15, -0.1) is 0 Å². The van der Waals surface area contributed by atoms with Crippen LogP contribution in [0.2, 0.25) is 0 Å². The number of nitrogens with zero attached hydrogens (tertiary/aromatic N) is 1. The van der Waals surface area contributed by atoms with Crippen molar-refractivity contribution in [1.82, 2.24) is 4.57 Å². The van der Waals surface area contributed by atoms with Gasteiger partial charge in [-0.05, 0) is 17.7 Å². The van der Waals surface area contributed by atoms with Crippen LogP contribution >= 0.6 is 0 Å². The Hall–Kier alpha value is -1.48. The number of hydrogen-bond acceptors (Lipinski definition) is 2. The van der Waals surface area contributed by atoms with Gasteiger partial charge in [0.15, 0.2) is 0 Å². The third-order valence-electron chi connectivity index (χ3n) is 2.81. The highest BCUT2D eigenvalue weighted by Crippen LogP contribution is 2.29. The molecule has 0 saturated carbocycles. The minimum atomic E-state index is 0.123. The fourth-order valence-electron chi connectivity index (χ4n) is 1.89. The van der Waals surface area contributed by atoms with Gasteiger partial charge >= 0.3 is 0 Å². The third kappa shape index (κ3) is 1.59. The van der Waals surface area contributed by atoms with Crippen LogP contribution in [0, 0.1) is 0 Å². The monoisotopic (exact) mass is 205 g/mol. The number of aliphatic hydroxyl groups is 1. The van der Waals surface area contributed by atoms with Crippen molar-refractivity contribution < 1.29 is 10.2 Å². The first-order valence-electron chi connectivity index (χ1n) is 5.02. The van der Waals surface area contributed by atoms with E-state index in [0.29, 0.717) is 0 Å². The molecule has 0 bridgehead atoms.